The standard InChI is InChI=1S/C15H23N3O4S.ClH/c16-15(6-9-22-10-7-15)14(19)17-8-11-23(20,21)18-12-13-4-2-1-3-5-13;/h1-5,18H,6-12,16H2,(H,17,19);1H. The average Bonchev–Trinajstić information content (AvgIpc) is 2.54. The third-order valence-corrected chi connectivity index (χ3v) is 5.16. The smallest absolute Gasteiger partial charge is 0.240 e. The summed E-state index contributed by atoms with van der Waals surface area (Å²) in [5, 5.41) is 2.61. The highest BCUT2D eigenvalue weighted by Crippen LogP contribution is 2.17. The molecule has 136 valence electrons. The van der Waals surface area contributed by atoms with Gasteiger partial charge in [0.25, 0.3) is 0 Å². The summed E-state index contributed by atoms with van der Waals surface area (Å²) >= 11 is 0. The van der Waals surface area contributed by atoms with Crippen molar-refractivity contribution in [2.24, 2.45) is 5.73 Å². The maximum Gasteiger partial charge on any atom is 0.240 e. The van der Waals surface area contributed by atoms with Crippen molar-refractivity contribution in [3.8, 4) is 0 Å². The number of carbonyl (C=O) groups is 1. The lowest BCUT2D eigenvalue weighted by molar-refractivity contribution is -0.129. The molecule has 0 radical (unpaired) electrons. The van der Waals surface area contributed by atoms with Gasteiger partial charge in [0.05, 0.1) is 11.3 Å². The van der Waals surface area contributed by atoms with Gasteiger partial charge in [-0.2, -0.15) is 0 Å². The first-order chi connectivity index (χ1) is 10.9. The number of halogens is 1. The molecule has 1 aliphatic rings. The Balaban J connectivity index is 0.00000288. The minimum Gasteiger partial charge on any atom is -0.381 e. The lowest BCUT2D eigenvalue weighted by Crippen LogP contribution is -2.57. The number of hydrogen-bond acceptors (Lipinski definition) is 5. The van der Waals surface area contributed by atoms with E-state index in [1.165, 1.54) is 0 Å². The number of nitrogens with one attached hydrogen (secondary N) is 2. The molecule has 0 atom stereocenters. The minimum absolute atomic E-state index is 0. The van der Waals surface area contributed by atoms with E-state index in [0.29, 0.717) is 26.1 Å². The molecular formula is C15H24ClN3O4S. The second-order valence-corrected chi connectivity index (χ2v) is 7.58. The summed E-state index contributed by atoms with van der Waals surface area (Å²) < 4.78 is 31.5. The molecule has 1 aromatic carbocycles. The van der Waals surface area contributed by atoms with Crippen LogP contribution in [0.5, 0.6) is 0 Å². The Morgan fingerprint density at radius 2 is 1.83 bits per heavy atom. The van der Waals surface area contributed by atoms with Crippen LogP contribution in [0, 0.1) is 0 Å². The highest BCUT2D eigenvalue weighted by atomic mass is 35.5. The Bertz CT molecular complexity index is 619. The minimum atomic E-state index is -3.46. The molecule has 0 saturated carbocycles. The first-order valence-electron chi connectivity index (χ1n) is 7.57. The number of amides is 1. The summed E-state index contributed by atoms with van der Waals surface area (Å²) in [6.45, 7) is 1.15. The van der Waals surface area contributed by atoms with E-state index in [9.17, 15) is 13.2 Å². The molecular weight excluding hydrogens is 354 g/mol. The summed E-state index contributed by atoms with van der Waals surface area (Å²) in [6, 6.07) is 9.24. The topological polar surface area (TPSA) is 111 Å². The van der Waals surface area contributed by atoms with Crippen molar-refractivity contribution in [3.63, 3.8) is 0 Å². The monoisotopic (exact) mass is 377 g/mol. The van der Waals surface area contributed by atoms with Crippen LogP contribution in [0.15, 0.2) is 30.3 Å². The first kappa shape index (κ1) is 20.9. The Morgan fingerprint density at radius 1 is 1.21 bits per heavy atom. The Kier molecular flexibility index (Phi) is 8.11. The molecule has 7 nitrogen and oxygen atoms in total. The van der Waals surface area contributed by atoms with Gasteiger partial charge in [-0.1, -0.05) is 30.3 Å². The van der Waals surface area contributed by atoms with Crippen LogP contribution in [-0.2, 0) is 26.1 Å². The van der Waals surface area contributed by atoms with Crippen LogP contribution in [-0.4, -0.2) is 45.4 Å². The maximum absolute atomic E-state index is 12.1. The summed E-state index contributed by atoms with van der Waals surface area (Å²) in [5.74, 6) is -0.503. The molecule has 2 rings (SSSR count). The predicted molar refractivity (Wildman–Crippen MR) is 94.3 cm³/mol. The zero-order valence-electron chi connectivity index (χ0n) is 13.4. The van der Waals surface area contributed by atoms with Crippen LogP contribution in [0.4, 0.5) is 0 Å². The van der Waals surface area contributed by atoms with Crippen LogP contribution in [0.25, 0.3) is 0 Å². The molecule has 1 saturated heterocycles. The molecule has 1 fully saturated rings. The lowest BCUT2D eigenvalue weighted by atomic mass is 9.90. The molecule has 1 amide bonds. The van der Waals surface area contributed by atoms with Crippen molar-refractivity contribution >= 4 is 28.3 Å². The normalized spacial score (nSPS) is 16.9. The number of carbonyl (C=O) groups excluding carboxylic acids is 1. The van der Waals surface area contributed by atoms with Gasteiger partial charge in [-0.05, 0) is 18.4 Å². The van der Waals surface area contributed by atoms with E-state index < -0.39 is 15.6 Å². The highest BCUT2D eigenvalue weighted by molar-refractivity contribution is 7.89. The average molecular weight is 378 g/mol. The Hall–Kier alpha value is -1.19. The van der Waals surface area contributed by atoms with Crippen LogP contribution in [0.2, 0.25) is 0 Å². The third-order valence-electron chi connectivity index (χ3n) is 3.83. The van der Waals surface area contributed by atoms with Gasteiger partial charge in [-0.25, -0.2) is 13.1 Å². The summed E-state index contributed by atoms with van der Waals surface area (Å²) in [5.41, 5.74) is 5.95. The second kappa shape index (κ2) is 9.33. The SMILES string of the molecule is Cl.NC1(C(=O)NCCS(=O)(=O)NCc2ccccc2)CCOCC1. The molecule has 0 aliphatic carbocycles. The van der Waals surface area contributed by atoms with E-state index in [1.807, 2.05) is 30.3 Å². The first-order valence-corrected chi connectivity index (χ1v) is 9.23. The van der Waals surface area contributed by atoms with E-state index in [4.69, 9.17) is 10.5 Å². The van der Waals surface area contributed by atoms with Crippen molar-refractivity contribution in [2.45, 2.75) is 24.9 Å². The molecule has 9 heteroatoms. The van der Waals surface area contributed by atoms with Crippen LogP contribution < -0.4 is 15.8 Å². The van der Waals surface area contributed by atoms with Crippen molar-refractivity contribution in [3.05, 3.63) is 35.9 Å². The molecule has 0 spiro atoms. The number of hydrogen-bond donors (Lipinski definition) is 3. The summed E-state index contributed by atoms with van der Waals surface area (Å²) in [4.78, 5) is 12.1. The number of sulfonamides is 1. The zero-order chi connectivity index (χ0) is 16.8. The van der Waals surface area contributed by atoms with E-state index in [2.05, 4.69) is 10.0 Å². The van der Waals surface area contributed by atoms with E-state index in [0.717, 1.165) is 5.56 Å². The van der Waals surface area contributed by atoms with Gasteiger partial charge in [0.2, 0.25) is 15.9 Å². The van der Waals surface area contributed by atoms with E-state index >= 15 is 0 Å². The lowest BCUT2D eigenvalue weighted by Gasteiger charge is -2.31. The fourth-order valence-corrected chi connectivity index (χ4v) is 3.20. The number of rotatable bonds is 7. The second-order valence-electron chi connectivity index (χ2n) is 5.65. The predicted octanol–water partition coefficient (Wildman–Crippen LogP) is 0.152. The fourth-order valence-electron chi connectivity index (χ4n) is 2.30. The van der Waals surface area contributed by atoms with Gasteiger partial charge in [0, 0.05) is 26.3 Å². The largest absolute Gasteiger partial charge is 0.381 e. The van der Waals surface area contributed by atoms with Gasteiger partial charge < -0.3 is 15.8 Å². The number of nitrogens with two attached hydrogens (primary N) is 1. The van der Waals surface area contributed by atoms with Gasteiger partial charge in [-0.3, -0.25) is 4.79 Å². The zero-order valence-corrected chi connectivity index (χ0v) is 15.0. The summed E-state index contributed by atoms with van der Waals surface area (Å²) in [7, 11) is -3.46. The van der Waals surface area contributed by atoms with Crippen molar-refractivity contribution in [2.75, 3.05) is 25.5 Å². The van der Waals surface area contributed by atoms with Gasteiger partial charge in [-0.15, -0.1) is 12.4 Å². The van der Waals surface area contributed by atoms with Crippen LogP contribution in [0.3, 0.4) is 0 Å². The van der Waals surface area contributed by atoms with Crippen molar-refractivity contribution in [1.29, 1.82) is 0 Å². The molecule has 0 aromatic heterocycles. The Morgan fingerprint density at radius 3 is 2.46 bits per heavy atom. The molecule has 1 heterocycles. The third kappa shape index (κ3) is 6.37. The number of ether oxygens (including phenoxy) is 1. The molecule has 4 N–H and O–H groups in total. The molecule has 24 heavy (non-hydrogen) atoms. The van der Waals surface area contributed by atoms with Gasteiger partial charge in [0.15, 0.2) is 0 Å². The fraction of sp³-hybridized carbons (Fsp3) is 0.533. The van der Waals surface area contributed by atoms with Crippen LogP contribution in [0.1, 0.15) is 18.4 Å². The van der Waals surface area contributed by atoms with Crippen molar-refractivity contribution in [1.82, 2.24) is 10.0 Å². The molecule has 0 unspecified atom stereocenters. The molecule has 1 aromatic rings. The number of benzene rings is 1. The molecule has 1 aliphatic heterocycles. The quantitative estimate of drug-likeness (QED) is 0.626. The van der Waals surface area contributed by atoms with Gasteiger partial charge >= 0.3 is 0 Å². The van der Waals surface area contributed by atoms with Crippen molar-refractivity contribution < 1.29 is 17.9 Å². The van der Waals surface area contributed by atoms with Gasteiger partial charge in [0.1, 0.15) is 0 Å². The highest BCUT2D eigenvalue weighted by Gasteiger charge is 2.35. The molecule has 0 bridgehead atoms. The Labute approximate surface area is 148 Å². The van der Waals surface area contributed by atoms with E-state index in [-0.39, 0.29) is 37.2 Å². The van der Waals surface area contributed by atoms with E-state index in [1.54, 1.807) is 0 Å². The van der Waals surface area contributed by atoms with Crippen LogP contribution >= 0.6 is 12.4 Å². The summed E-state index contributed by atoms with van der Waals surface area (Å²) in [6.07, 6.45) is 0.885. The maximum atomic E-state index is 12.1.